The van der Waals surface area contributed by atoms with Gasteiger partial charge in [-0.3, -0.25) is 0 Å². The Labute approximate surface area is 83.8 Å². The molecule has 2 N–H and O–H groups in total. The summed E-state index contributed by atoms with van der Waals surface area (Å²) in [5, 5.41) is 0. The number of hydrogen-bond acceptors (Lipinski definition) is 3. The molecule has 2 unspecified atom stereocenters. The van der Waals surface area contributed by atoms with Gasteiger partial charge in [-0.2, -0.15) is 0 Å². The van der Waals surface area contributed by atoms with E-state index >= 15 is 0 Å². The summed E-state index contributed by atoms with van der Waals surface area (Å²) in [7, 11) is 1.25. The number of alkyl halides is 1. The molecule has 0 amide bonds. The van der Waals surface area contributed by atoms with E-state index in [-0.39, 0.29) is 5.92 Å². The number of esters is 1. The normalized spacial score (nSPS) is 24.3. The minimum atomic E-state index is -1.44. The number of nitrogens with two attached hydrogens (primary N) is 1. The number of rotatable bonds is 3. The van der Waals surface area contributed by atoms with Crippen molar-refractivity contribution in [3.63, 3.8) is 0 Å². The van der Waals surface area contributed by atoms with Crippen LogP contribution in [0.15, 0.2) is 0 Å². The average molecular weight is 203 g/mol. The standard InChI is InChI=1S/C10H18FNO2/c1-7(11)10(12,9(13)14-2)8-5-3-4-6-8/h7-8H,3-6,12H2,1-2H3. The maximum Gasteiger partial charge on any atom is 0.329 e. The fourth-order valence-electron chi connectivity index (χ4n) is 2.23. The smallest absolute Gasteiger partial charge is 0.329 e. The van der Waals surface area contributed by atoms with Crippen molar-refractivity contribution in [1.29, 1.82) is 0 Å². The Kier molecular flexibility index (Phi) is 3.48. The predicted octanol–water partition coefficient (Wildman–Crippen LogP) is 1.41. The number of hydrogen-bond donors (Lipinski definition) is 1. The lowest BCUT2D eigenvalue weighted by atomic mass is 9.80. The third-order valence-electron chi connectivity index (χ3n) is 3.23. The van der Waals surface area contributed by atoms with Gasteiger partial charge in [-0.1, -0.05) is 12.8 Å². The number of carbonyl (C=O) groups is 1. The highest BCUT2D eigenvalue weighted by Gasteiger charge is 2.48. The molecule has 0 aromatic rings. The van der Waals surface area contributed by atoms with E-state index in [0.717, 1.165) is 25.7 Å². The molecule has 0 radical (unpaired) electrons. The first-order valence-corrected chi connectivity index (χ1v) is 5.04. The second-order valence-electron chi connectivity index (χ2n) is 4.02. The summed E-state index contributed by atoms with van der Waals surface area (Å²) in [6, 6.07) is 0. The highest BCUT2D eigenvalue weighted by atomic mass is 19.1. The fraction of sp³-hybridized carbons (Fsp3) is 0.900. The van der Waals surface area contributed by atoms with Gasteiger partial charge in [0.1, 0.15) is 11.7 Å². The minimum Gasteiger partial charge on any atom is -0.468 e. The number of methoxy groups -OCH3 is 1. The van der Waals surface area contributed by atoms with E-state index in [1.807, 2.05) is 0 Å². The molecule has 1 saturated carbocycles. The lowest BCUT2D eigenvalue weighted by Gasteiger charge is -2.33. The van der Waals surface area contributed by atoms with Gasteiger partial charge in [0.2, 0.25) is 0 Å². The third kappa shape index (κ3) is 1.75. The molecule has 1 aliphatic carbocycles. The van der Waals surface area contributed by atoms with Crippen LogP contribution in [0, 0.1) is 5.92 Å². The lowest BCUT2D eigenvalue weighted by molar-refractivity contribution is -0.152. The van der Waals surface area contributed by atoms with E-state index in [4.69, 9.17) is 5.73 Å². The molecule has 4 heteroatoms. The van der Waals surface area contributed by atoms with E-state index in [0.29, 0.717) is 0 Å². The highest BCUT2D eigenvalue weighted by Crippen LogP contribution is 2.36. The molecule has 0 aliphatic heterocycles. The Hall–Kier alpha value is -0.640. The summed E-state index contributed by atoms with van der Waals surface area (Å²) in [5.41, 5.74) is 4.41. The molecule has 0 aromatic heterocycles. The van der Waals surface area contributed by atoms with Crippen molar-refractivity contribution in [2.75, 3.05) is 7.11 Å². The van der Waals surface area contributed by atoms with Gasteiger partial charge in [-0.25, -0.2) is 9.18 Å². The molecule has 0 aromatic carbocycles. The van der Waals surface area contributed by atoms with Crippen molar-refractivity contribution in [2.45, 2.75) is 44.3 Å². The van der Waals surface area contributed by atoms with E-state index in [1.165, 1.54) is 14.0 Å². The first-order chi connectivity index (χ1) is 6.53. The summed E-state index contributed by atoms with van der Waals surface area (Å²) >= 11 is 0. The Morgan fingerprint density at radius 2 is 2.07 bits per heavy atom. The molecule has 14 heavy (non-hydrogen) atoms. The maximum absolute atomic E-state index is 13.4. The van der Waals surface area contributed by atoms with Crippen molar-refractivity contribution in [3.05, 3.63) is 0 Å². The largest absolute Gasteiger partial charge is 0.468 e. The quantitative estimate of drug-likeness (QED) is 0.705. The van der Waals surface area contributed by atoms with Crippen molar-refractivity contribution < 1.29 is 13.9 Å². The monoisotopic (exact) mass is 203 g/mol. The molecule has 0 heterocycles. The van der Waals surface area contributed by atoms with E-state index < -0.39 is 17.7 Å². The first-order valence-electron chi connectivity index (χ1n) is 5.04. The molecular formula is C10H18FNO2. The number of ether oxygens (including phenoxy) is 1. The molecule has 1 aliphatic rings. The van der Waals surface area contributed by atoms with E-state index in [9.17, 15) is 9.18 Å². The van der Waals surface area contributed by atoms with Gasteiger partial charge in [0.25, 0.3) is 0 Å². The van der Waals surface area contributed by atoms with Crippen LogP contribution in [0.2, 0.25) is 0 Å². The third-order valence-corrected chi connectivity index (χ3v) is 3.23. The molecule has 3 nitrogen and oxygen atoms in total. The van der Waals surface area contributed by atoms with Gasteiger partial charge >= 0.3 is 5.97 Å². The van der Waals surface area contributed by atoms with Crippen LogP contribution in [0.25, 0.3) is 0 Å². The van der Waals surface area contributed by atoms with Gasteiger partial charge in [0, 0.05) is 0 Å². The Balaban J connectivity index is 2.85. The van der Waals surface area contributed by atoms with Crippen LogP contribution in [0.1, 0.15) is 32.6 Å². The summed E-state index contributed by atoms with van der Waals surface area (Å²) in [5.74, 6) is -0.700. The molecular weight excluding hydrogens is 185 g/mol. The minimum absolute atomic E-state index is 0.0741. The SMILES string of the molecule is COC(=O)C(N)(C(C)F)C1CCCC1. The van der Waals surface area contributed by atoms with Gasteiger partial charge in [0.15, 0.2) is 0 Å². The predicted molar refractivity (Wildman–Crippen MR) is 51.5 cm³/mol. The van der Waals surface area contributed by atoms with Crippen molar-refractivity contribution in [1.82, 2.24) is 0 Å². The molecule has 0 bridgehead atoms. The molecule has 0 saturated heterocycles. The summed E-state index contributed by atoms with van der Waals surface area (Å²) in [6.45, 7) is 1.33. The summed E-state index contributed by atoms with van der Waals surface area (Å²) in [4.78, 5) is 11.5. The number of halogens is 1. The Morgan fingerprint density at radius 3 is 2.43 bits per heavy atom. The first kappa shape index (κ1) is 11.4. The van der Waals surface area contributed by atoms with Crippen LogP contribution in [-0.4, -0.2) is 24.8 Å². The van der Waals surface area contributed by atoms with E-state index in [2.05, 4.69) is 4.74 Å². The van der Waals surface area contributed by atoms with Crippen LogP contribution < -0.4 is 5.73 Å². The second kappa shape index (κ2) is 4.26. The Morgan fingerprint density at radius 1 is 1.57 bits per heavy atom. The summed E-state index contributed by atoms with van der Waals surface area (Å²) < 4.78 is 18.0. The maximum atomic E-state index is 13.4. The summed E-state index contributed by atoms with van der Waals surface area (Å²) in [6.07, 6.45) is 2.32. The van der Waals surface area contributed by atoms with Gasteiger partial charge < -0.3 is 10.5 Å². The molecule has 1 rings (SSSR count). The molecule has 2 atom stereocenters. The van der Waals surface area contributed by atoms with Crippen LogP contribution in [0.4, 0.5) is 4.39 Å². The van der Waals surface area contributed by atoms with Crippen LogP contribution in [0.5, 0.6) is 0 Å². The van der Waals surface area contributed by atoms with Gasteiger partial charge in [0.05, 0.1) is 7.11 Å². The topological polar surface area (TPSA) is 52.3 Å². The van der Waals surface area contributed by atoms with E-state index in [1.54, 1.807) is 0 Å². The lowest BCUT2D eigenvalue weighted by Crippen LogP contribution is -2.60. The Bertz CT molecular complexity index is 214. The molecule has 0 spiro atoms. The van der Waals surface area contributed by atoms with Gasteiger partial charge in [-0.05, 0) is 25.7 Å². The average Bonchev–Trinajstić information content (AvgIpc) is 2.68. The number of carbonyl (C=O) groups excluding carboxylic acids is 1. The molecule has 82 valence electrons. The molecule has 1 fully saturated rings. The van der Waals surface area contributed by atoms with Crippen molar-refractivity contribution in [3.8, 4) is 0 Å². The van der Waals surface area contributed by atoms with Crippen molar-refractivity contribution in [2.24, 2.45) is 11.7 Å². The van der Waals surface area contributed by atoms with Crippen LogP contribution >= 0.6 is 0 Å². The highest BCUT2D eigenvalue weighted by molar-refractivity contribution is 5.81. The van der Waals surface area contributed by atoms with Crippen LogP contribution in [0.3, 0.4) is 0 Å². The zero-order valence-electron chi connectivity index (χ0n) is 8.75. The second-order valence-corrected chi connectivity index (χ2v) is 4.02. The fourth-order valence-corrected chi connectivity index (χ4v) is 2.23. The van der Waals surface area contributed by atoms with Crippen molar-refractivity contribution >= 4 is 5.97 Å². The van der Waals surface area contributed by atoms with Gasteiger partial charge in [-0.15, -0.1) is 0 Å². The zero-order valence-corrected chi connectivity index (χ0v) is 8.75. The zero-order chi connectivity index (χ0) is 10.8. The van der Waals surface area contributed by atoms with Crippen LogP contribution in [-0.2, 0) is 9.53 Å².